The Bertz CT molecular complexity index is 801. The molecule has 19 heavy (non-hydrogen) atoms. The lowest BCUT2D eigenvalue weighted by molar-refractivity contribution is 0.474. The Hall–Kier alpha value is -2.07. The molecule has 0 spiro atoms. The molecule has 1 heterocycles. The first kappa shape index (κ1) is 12.0. The van der Waals surface area contributed by atoms with Crippen LogP contribution in [0.25, 0.3) is 11.1 Å². The van der Waals surface area contributed by atoms with Gasteiger partial charge in [-0.3, -0.25) is 4.57 Å². The van der Waals surface area contributed by atoms with Gasteiger partial charge in [-0.1, -0.05) is 18.2 Å². The second-order valence-electron chi connectivity index (χ2n) is 4.60. The van der Waals surface area contributed by atoms with Gasteiger partial charge in [-0.15, -0.1) is 0 Å². The topological polar surface area (TPSA) is 38.3 Å². The highest BCUT2D eigenvalue weighted by molar-refractivity contribution is 7.71. The summed E-state index contributed by atoms with van der Waals surface area (Å²) in [6.45, 7) is 2.62. The molecule has 3 aromatic rings. The number of fused-ring (bicyclic) bond motifs is 1. The molecule has 0 radical (unpaired) electrons. The summed E-state index contributed by atoms with van der Waals surface area (Å²) < 4.78 is 7.51. The van der Waals surface area contributed by atoms with E-state index in [9.17, 15) is 5.11 Å². The van der Waals surface area contributed by atoms with E-state index in [1.54, 1.807) is 12.1 Å². The van der Waals surface area contributed by atoms with E-state index < -0.39 is 0 Å². The van der Waals surface area contributed by atoms with Gasteiger partial charge >= 0.3 is 0 Å². The van der Waals surface area contributed by atoms with Crippen LogP contribution < -0.4 is 0 Å². The van der Waals surface area contributed by atoms with E-state index in [0.29, 0.717) is 11.4 Å². The minimum atomic E-state index is 0.257. The smallest absolute Gasteiger partial charge is 0.269 e. The summed E-state index contributed by atoms with van der Waals surface area (Å²) in [7, 11) is 0. The average molecular weight is 271 g/mol. The summed E-state index contributed by atoms with van der Waals surface area (Å²) in [5, 5.41) is 9.51. The van der Waals surface area contributed by atoms with Gasteiger partial charge < -0.3 is 9.52 Å². The molecule has 3 rings (SSSR count). The van der Waals surface area contributed by atoms with E-state index in [2.05, 4.69) is 6.07 Å². The van der Waals surface area contributed by atoms with E-state index in [0.717, 1.165) is 22.2 Å². The van der Waals surface area contributed by atoms with E-state index in [1.165, 1.54) is 0 Å². The minimum absolute atomic E-state index is 0.257. The van der Waals surface area contributed by atoms with Crippen LogP contribution in [0.1, 0.15) is 11.1 Å². The Kier molecular flexibility index (Phi) is 2.87. The van der Waals surface area contributed by atoms with Crippen LogP contribution >= 0.6 is 12.2 Å². The number of phenolic OH excluding ortho intramolecular Hbond substituents is 1. The molecule has 0 bridgehead atoms. The number of aromatic hydroxyl groups is 1. The number of oxazole rings is 1. The van der Waals surface area contributed by atoms with Crippen LogP contribution in [0.5, 0.6) is 5.75 Å². The number of benzene rings is 2. The lowest BCUT2D eigenvalue weighted by atomic mass is 10.2. The van der Waals surface area contributed by atoms with Crippen LogP contribution in [0.4, 0.5) is 0 Å². The lowest BCUT2D eigenvalue weighted by Crippen LogP contribution is -1.99. The highest BCUT2D eigenvalue weighted by atomic mass is 32.1. The zero-order valence-electron chi connectivity index (χ0n) is 10.5. The average Bonchev–Trinajstić information content (AvgIpc) is 2.66. The first-order valence-corrected chi connectivity index (χ1v) is 6.42. The first-order valence-electron chi connectivity index (χ1n) is 6.01. The van der Waals surface area contributed by atoms with Gasteiger partial charge in [0.05, 0.1) is 12.1 Å². The van der Waals surface area contributed by atoms with Gasteiger partial charge in [-0.25, -0.2) is 0 Å². The monoisotopic (exact) mass is 271 g/mol. The highest BCUT2D eigenvalue weighted by Gasteiger charge is 2.07. The van der Waals surface area contributed by atoms with Crippen molar-refractivity contribution in [2.24, 2.45) is 0 Å². The summed E-state index contributed by atoms with van der Waals surface area (Å²) in [5.41, 5.74) is 3.91. The summed E-state index contributed by atoms with van der Waals surface area (Å²) in [5.74, 6) is 0.257. The molecule has 4 heteroatoms. The minimum Gasteiger partial charge on any atom is -0.508 e. The van der Waals surface area contributed by atoms with Crippen LogP contribution in [0.2, 0.25) is 0 Å². The highest BCUT2D eigenvalue weighted by Crippen LogP contribution is 2.21. The third-order valence-corrected chi connectivity index (χ3v) is 3.38. The van der Waals surface area contributed by atoms with Crippen molar-refractivity contribution in [1.82, 2.24) is 4.57 Å². The fourth-order valence-electron chi connectivity index (χ4n) is 2.16. The molecule has 0 fully saturated rings. The van der Waals surface area contributed by atoms with Gasteiger partial charge in [0.1, 0.15) is 5.75 Å². The molecule has 0 aliphatic heterocycles. The zero-order chi connectivity index (χ0) is 13.4. The van der Waals surface area contributed by atoms with Crippen molar-refractivity contribution in [1.29, 1.82) is 0 Å². The van der Waals surface area contributed by atoms with E-state index in [-0.39, 0.29) is 5.75 Å². The molecule has 0 unspecified atom stereocenters. The maximum atomic E-state index is 9.51. The standard InChI is InChI=1S/C15H13NO2S/c1-10-5-6-14-13(7-10)16(15(19)18-14)9-11-3-2-4-12(17)8-11/h2-8,17H,9H2,1H3. The van der Waals surface area contributed by atoms with E-state index in [4.69, 9.17) is 16.6 Å². The lowest BCUT2D eigenvalue weighted by Gasteiger charge is -2.04. The first-order chi connectivity index (χ1) is 9.13. The van der Waals surface area contributed by atoms with Crippen molar-refractivity contribution < 1.29 is 9.52 Å². The van der Waals surface area contributed by atoms with Crippen LogP contribution in [-0.2, 0) is 6.54 Å². The Morgan fingerprint density at radius 1 is 1.21 bits per heavy atom. The molecule has 0 atom stereocenters. The number of hydrogen-bond donors (Lipinski definition) is 1. The van der Waals surface area contributed by atoms with Crippen LogP contribution in [0.3, 0.4) is 0 Å². The van der Waals surface area contributed by atoms with Crippen molar-refractivity contribution in [3.05, 3.63) is 58.4 Å². The number of nitrogens with zero attached hydrogens (tertiary/aromatic N) is 1. The summed E-state index contributed by atoms with van der Waals surface area (Å²) in [4.78, 5) is 0.448. The molecule has 0 saturated heterocycles. The van der Waals surface area contributed by atoms with E-state index >= 15 is 0 Å². The molecule has 3 nitrogen and oxygen atoms in total. The second kappa shape index (κ2) is 4.55. The van der Waals surface area contributed by atoms with Gasteiger partial charge in [-0.05, 0) is 54.5 Å². The molecule has 2 aromatic carbocycles. The summed E-state index contributed by atoms with van der Waals surface area (Å²) in [6, 6.07) is 13.1. The largest absolute Gasteiger partial charge is 0.508 e. The molecule has 0 amide bonds. The Labute approximate surface area is 115 Å². The molecule has 0 aliphatic rings. The molecule has 0 saturated carbocycles. The summed E-state index contributed by atoms with van der Waals surface area (Å²) >= 11 is 5.26. The third kappa shape index (κ3) is 2.27. The normalized spacial score (nSPS) is 11.0. The third-order valence-electron chi connectivity index (χ3n) is 3.07. The number of rotatable bonds is 2. The molecule has 96 valence electrons. The van der Waals surface area contributed by atoms with Crippen molar-refractivity contribution >= 4 is 23.3 Å². The zero-order valence-corrected chi connectivity index (χ0v) is 11.3. The van der Waals surface area contributed by atoms with Crippen molar-refractivity contribution in [2.75, 3.05) is 0 Å². The molecule has 1 aromatic heterocycles. The number of aromatic nitrogens is 1. The Balaban J connectivity index is 2.12. The van der Waals surface area contributed by atoms with Crippen molar-refractivity contribution in [3.63, 3.8) is 0 Å². The summed E-state index contributed by atoms with van der Waals surface area (Å²) in [6.07, 6.45) is 0. The van der Waals surface area contributed by atoms with Crippen LogP contribution in [0.15, 0.2) is 46.9 Å². The Morgan fingerprint density at radius 2 is 2.05 bits per heavy atom. The molecular formula is C15H13NO2S. The second-order valence-corrected chi connectivity index (χ2v) is 4.94. The predicted molar refractivity (Wildman–Crippen MR) is 77.0 cm³/mol. The van der Waals surface area contributed by atoms with Gasteiger partial charge in [-0.2, -0.15) is 0 Å². The predicted octanol–water partition coefficient (Wildman–Crippen LogP) is 4.03. The molecule has 0 aliphatic carbocycles. The van der Waals surface area contributed by atoms with Crippen LogP contribution in [0, 0.1) is 11.8 Å². The van der Waals surface area contributed by atoms with E-state index in [1.807, 2.05) is 35.8 Å². The van der Waals surface area contributed by atoms with Crippen molar-refractivity contribution in [2.45, 2.75) is 13.5 Å². The molecule has 1 N–H and O–H groups in total. The maximum Gasteiger partial charge on any atom is 0.269 e. The fraction of sp³-hybridized carbons (Fsp3) is 0.133. The molecular weight excluding hydrogens is 258 g/mol. The van der Waals surface area contributed by atoms with Crippen LogP contribution in [-0.4, -0.2) is 9.67 Å². The van der Waals surface area contributed by atoms with Gasteiger partial charge in [0.2, 0.25) is 0 Å². The van der Waals surface area contributed by atoms with Crippen molar-refractivity contribution in [3.8, 4) is 5.75 Å². The number of phenols is 1. The maximum absolute atomic E-state index is 9.51. The Morgan fingerprint density at radius 3 is 2.84 bits per heavy atom. The van der Waals surface area contributed by atoms with Gasteiger partial charge in [0.15, 0.2) is 5.58 Å². The van der Waals surface area contributed by atoms with Gasteiger partial charge in [0, 0.05) is 0 Å². The quantitative estimate of drug-likeness (QED) is 0.715. The SMILES string of the molecule is Cc1ccc2oc(=S)n(Cc3cccc(O)c3)c2c1. The number of aryl methyl sites for hydroxylation is 1. The fourth-order valence-corrected chi connectivity index (χ4v) is 2.41. The van der Waals surface area contributed by atoms with Gasteiger partial charge in [0.25, 0.3) is 4.84 Å². The number of hydrogen-bond acceptors (Lipinski definition) is 3.